The van der Waals surface area contributed by atoms with E-state index in [0.717, 1.165) is 11.1 Å². The van der Waals surface area contributed by atoms with Crippen LogP contribution in [0.3, 0.4) is 0 Å². The van der Waals surface area contributed by atoms with Crippen molar-refractivity contribution in [1.29, 1.82) is 0 Å². The maximum atomic E-state index is 13.5. The van der Waals surface area contributed by atoms with E-state index in [1.807, 2.05) is 32.0 Å². The summed E-state index contributed by atoms with van der Waals surface area (Å²) in [5.41, 5.74) is 4.25. The predicted molar refractivity (Wildman–Crippen MR) is 125 cm³/mol. The van der Waals surface area contributed by atoms with Crippen molar-refractivity contribution >= 4 is 40.8 Å². The van der Waals surface area contributed by atoms with Crippen molar-refractivity contribution < 1.29 is 14.3 Å². The molecule has 0 aliphatic heterocycles. The number of carbonyl (C=O) groups is 2. The van der Waals surface area contributed by atoms with E-state index in [9.17, 15) is 9.59 Å². The summed E-state index contributed by atoms with van der Waals surface area (Å²) in [5.74, 6) is -0.595. The molecule has 0 aromatic heterocycles. The highest BCUT2D eigenvalue weighted by Gasteiger charge is 2.21. The van der Waals surface area contributed by atoms with Crippen molar-refractivity contribution in [3.63, 3.8) is 0 Å². The minimum Gasteiger partial charge on any atom is -0.462 e. The van der Waals surface area contributed by atoms with Gasteiger partial charge in [0.15, 0.2) is 0 Å². The number of nitrogens with zero attached hydrogens (tertiary/aromatic N) is 1. The number of esters is 1. The summed E-state index contributed by atoms with van der Waals surface area (Å²) in [6.07, 6.45) is 0. The Kier molecular flexibility index (Phi) is 7.37. The number of anilines is 1. The third kappa shape index (κ3) is 5.46. The molecule has 0 saturated carbocycles. The second kappa shape index (κ2) is 9.99. The van der Waals surface area contributed by atoms with Gasteiger partial charge in [0.2, 0.25) is 0 Å². The van der Waals surface area contributed by atoms with Crippen molar-refractivity contribution in [2.45, 2.75) is 27.3 Å². The molecule has 0 spiro atoms. The van der Waals surface area contributed by atoms with Gasteiger partial charge in [-0.25, -0.2) is 4.79 Å². The summed E-state index contributed by atoms with van der Waals surface area (Å²) in [4.78, 5) is 27.2. The summed E-state index contributed by atoms with van der Waals surface area (Å²) in [6.45, 7) is 6.14. The first-order chi connectivity index (χ1) is 14.8. The van der Waals surface area contributed by atoms with E-state index >= 15 is 0 Å². The van der Waals surface area contributed by atoms with Gasteiger partial charge in [-0.15, -0.1) is 0 Å². The van der Waals surface area contributed by atoms with Crippen LogP contribution in [0.25, 0.3) is 0 Å². The molecule has 160 valence electrons. The number of carbonyl (C=O) groups excluding carboxylic acids is 2. The topological polar surface area (TPSA) is 46.6 Å². The quantitative estimate of drug-likeness (QED) is 0.391. The normalized spacial score (nSPS) is 10.6. The van der Waals surface area contributed by atoms with Gasteiger partial charge in [0.25, 0.3) is 5.91 Å². The van der Waals surface area contributed by atoms with Crippen LogP contribution >= 0.6 is 23.2 Å². The van der Waals surface area contributed by atoms with Crippen molar-refractivity contribution in [3.8, 4) is 0 Å². The third-order valence-electron chi connectivity index (χ3n) is 4.78. The molecule has 0 saturated heterocycles. The molecule has 0 radical (unpaired) electrons. The van der Waals surface area contributed by atoms with Crippen molar-refractivity contribution in [2.24, 2.45) is 0 Å². The first-order valence-corrected chi connectivity index (χ1v) is 10.7. The molecule has 3 aromatic rings. The Balaban J connectivity index is 2.03. The Morgan fingerprint density at radius 3 is 2.00 bits per heavy atom. The Morgan fingerprint density at radius 2 is 1.45 bits per heavy atom. The lowest BCUT2D eigenvalue weighted by Crippen LogP contribution is -2.31. The fraction of sp³-hybridized carbons (Fsp3) is 0.200. The Morgan fingerprint density at radius 1 is 0.871 bits per heavy atom. The van der Waals surface area contributed by atoms with Gasteiger partial charge >= 0.3 is 5.97 Å². The molecule has 0 atom stereocenters. The summed E-state index contributed by atoms with van der Waals surface area (Å²) in [7, 11) is 0. The first kappa shape index (κ1) is 22.9. The van der Waals surface area contributed by atoms with Crippen LogP contribution in [0.5, 0.6) is 0 Å². The molecule has 0 fully saturated rings. The molecule has 0 heterocycles. The monoisotopic (exact) mass is 455 g/mol. The van der Waals surface area contributed by atoms with Crippen molar-refractivity contribution in [2.75, 3.05) is 11.5 Å². The smallest absolute Gasteiger partial charge is 0.338 e. The molecular weight excluding hydrogens is 433 g/mol. The molecule has 0 aliphatic rings. The number of ether oxygens (including phenoxy) is 1. The van der Waals surface area contributed by atoms with Crippen LogP contribution in [0.1, 0.15) is 44.3 Å². The molecular formula is C25H23Cl2NO3. The molecule has 0 aliphatic carbocycles. The fourth-order valence-corrected chi connectivity index (χ4v) is 3.88. The van der Waals surface area contributed by atoms with E-state index < -0.39 is 5.97 Å². The van der Waals surface area contributed by atoms with Crippen LogP contribution in [0.15, 0.2) is 60.7 Å². The highest BCUT2D eigenvalue weighted by molar-refractivity contribution is 6.36. The Hall–Kier alpha value is -2.82. The molecule has 6 heteroatoms. The molecule has 0 unspecified atom stereocenters. The first-order valence-electron chi connectivity index (χ1n) is 9.90. The van der Waals surface area contributed by atoms with E-state index in [1.54, 1.807) is 54.3 Å². The van der Waals surface area contributed by atoms with Gasteiger partial charge in [0, 0.05) is 26.9 Å². The second-order valence-electron chi connectivity index (χ2n) is 7.24. The number of benzene rings is 3. The molecule has 3 rings (SSSR count). The van der Waals surface area contributed by atoms with Crippen LogP contribution < -0.4 is 4.90 Å². The number of halogens is 2. The highest BCUT2D eigenvalue weighted by Crippen LogP contribution is 2.29. The molecule has 0 N–H and O–H groups in total. The van der Waals surface area contributed by atoms with Crippen molar-refractivity contribution in [1.82, 2.24) is 0 Å². The maximum absolute atomic E-state index is 13.5. The average Bonchev–Trinajstić information content (AvgIpc) is 2.73. The van der Waals surface area contributed by atoms with E-state index in [4.69, 9.17) is 27.9 Å². The van der Waals surface area contributed by atoms with Gasteiger partial charge in [-0.1, -0.05) is 46.5 Å². The Labute approximate surface area is 192 Å². The number of hydrogen-bond donors (Lipinski definition) is 0. The van der Waals surface area contributed by atoms with Gasteiger partial charge in [0.05, 0.1) is 18.7 Å². The van der Waals surface area contributed by atoms with E-state index in [2.05, 4.69) is 0 Å². The summed E-state index contributed by atoms with van der Waals surface area (Å²) >= 11 is 12.8. The van der Waals surface area contributed by atoms with E-state index in [-0.39, 0.29) is 12.5 Å². The van der Waals surface area contributed by atoms with E-state index in [1.165, 1.54) is 0 Å². The second-order valence-corrected chi connectivity index (χ2v) is 8.05. The lowest BCUT2D eigenvalue weighted by atomic mass is 10.1. The maximum Gasteiger partial charge on any atom is 0.338 e. The minimum absolute atomic E-state index is 0.184. The van der Waals surface area contributed by atoms with E-state index in [0.29, 0.717) is 39.0 Å². The van der Waals surface area contributed by atoms with Crippen molar-refractivity contribution in [3.05, 3.63) is 98.5 Å². The lowest BCUT2D eigenvalue weighted by molar-refractivity contribution is 0.0526. The van der Waals surface area contributed by atoms with Gasteiger partial charge in [-0.2, -0.15) is 0 Å². The zero-order chi connectivity index (χ0) is 22.5. The summed E-state index contributed by atoms with van der Waals surface area (Å²) in [5, 5.41) is 0.961. The average molecular weight is 456 g/mol. The zero-order valence-electron chi connectivity index (χ0n) is 17.6. The van der Waals surface area contributed by atoms with Gasteiger partial charge in [0.1, 0.15) is 0 Å². The molecule has 31 heavy (non-hydrogen) atoms. The number of hydrogen-bond acceptors (Lipinski definition) is 3. The van der Waals surface area contributed by atoms with Gasteiger partial charge in [-0.05, 0) is 69.3 Å². The van der Waals surface area contributed by atoms with Crippen LogP contribution in [0, 0.1) is 13.8 Å². The molecule has 0 bridgehead atoms. The third-order valence-corrected chi connectivity index (χ3v) is 5.49. The number of amides is 1. The van der Waals surface area contributed by atoms with Gasteiger partial charge in [-0.3, -0.25) is 4.79 Å². The van der Waals surface area contributed by atoms with Crippen LogP contribution in [-0.4, -0.2) is 18.5 Å². The van der Waals surface area contributed by atoms with Crippen LogP contribution in [0.2, 0.25) is 10.0 Å². The molecule has 4 nitrogen and oxygen atoms in total. The summed E-state index contributed by atoms with van der Waals surface area (Å²) in [6, 6.07) is 17.7. The fourth-order valence-electron chi connectivity index (χ4n) is 3.37. The Bertz CT molecular complexity index is 1070. The zero-order valence-corrected chi connectivity index (χ0v) is 19.1. The number of aryl methyl sites for hydroxylation is 2. The minimum atomic E-state index is -0.407. The summed E-state index contributed by atoms with van der Waals surface area (Å²) < 4.78 is 5.04. The van der Waals surface area contributed by atoms with Gasteiger partial charge < -0.3 is 9.64 Å². The number of rotatable bonds is 6. The lowest BCUT2D eigenvalue weighted by Gasteiger charge is -2.25. The highest BCUT2D eigenvalue weighted by atomic mass is 35.5. The SMILES string of the molecule is CCOC(=O)c1ccc(N(Cc2c(Cl)cccc2Cl)C(=O)c2cc(C)cc(C)c2)cc1. The predicted octanol–water partition coefficient (Wildman–Crippen LogP) is 6.63. The standard InChI is InChI=1S/C25H23Cl2NO3/c1-4-31-25(30)18-8-10-20(11-9-18)28(15-21-22(26)6-5-7-23(21)27)24(29)19-13-16(2)12-17(3)14-19/h5-14H,4,15H2,1-3H3. The van der Waals surface area contributed by atoms with Crippen LogP contribution in [0.4, 0.5) is 5.69 Å². The molecule has 3 aromatic carbocycles. The largest absolute Gasteiger partial charge is 0.462 e. The molecule has 1 amide bonds. The van der Waals surface area contributed by atoms with Crippen LogP contribution in [-0.2, 0) is 11.3 Å².